The van der Waals surface area contributed by atoms with Crippen LogP contribution in [0.4, 0.5) is 18.0 Å². The highest BCUT2D eigenvalue weighted by Crippen LogP contribution is 2.36. The molecule has 0 atom stereocenters. The highest BCUT2D eigenvalue weighted by Gasteiger charge is 2.36. The van der Waals surface area contributed by atoms with E-state index in [0.29, 0.717) is 12.0 Å². The molecule has 2 rings (SSSR count). The van der Waals surface area contributed by atoms with Crippen LogP contribution >= 0.6 is 0 Å². The fourth-order valence-corrected chi connectivity index (χ4v) is 2.51. The van der Waals surface area contributed by atoms with Gasteiger partial charge in [0.1, 0.15) is 5.60 Å². The molecule has 0 N–H and O–H groups in total. The number of amides is 1. The van der Waals surface area contributed by atoms with Gasteiger partial charge in [-0.2, -0.15) is 13.2 Å². The molecule has 1 heterocycles. The summed E-state index contributed by atoms with van der Waals surface area (Å²) in [5, 5.41) is 0. The summed E-state index contributed by atoms with van der Waals surface area (Å²) in [6, 6.07) is 2.72. The summed E-state index contributed by atoms with van der Waals surface area (Å²) in [6.45, 7) is 7.39. The molecule has 0 spiro atoms. The molecule has 0 fully saturated rings. The van der Waals surface area contributed by atoms with Crippen LogP contribution in [0.5, 0.6) is 0 Å². The van der Waals surface area contributed by atoms with Gasteiger partial charge in [-0.3, -0.25) is 4.90 Å². The Kier molecular flexibility index (Phi) is 4.15. The number of ether oxygens (including phenoxy) is 1. The van der Waals surface area contributed by atoms with E-state index in [9.17, 15) is 18.0 Å². The lowest BCUT2D eigenvalue weighted by Crippen LogP contribution is -2.33. The molecule has 22 heavy (non-hydrogen) atoms. The van der Waals surface area contributed by atoms with Crippen molar-refractivity contribution in [2.75, 3.05) is 0 Å². The highest BCUT2D eigenvalue weighted by molar-refractivity contribution is 5.69. The van der Waals surface area contributed by atoms with Crippen molar-refractivity contribution >= 4 is 6.09 Å². The van der Waals surface area contributed by atoms with Gasteiger partial charge < -0.3 is 4.74 Å². The average molecular weight is 315 g/mol. The lowest BCUT2D eigenvalue weighted by Gasteiger charge is -2.24. The van der Waals surface area contributed by atoms with Gasteiger partial charge >= 0.3 is 12.3 Å². The molecule has 122 valence electrons. The molecule has 1 aromatic rings. The maximum Gasteiger partial charge on any atom is 0.416 e. The zero-order valence-corrected chi connectivity index (χ0v) is 13.2. The van der Waals surface area contributed by atoms with Crippen LogP contribution in [0.3, 0.4) is 0 Å². The van der Waals surface area contributed by atoms with Gasteiger partial charge in [0.2, 0.25) is 0 Å². The van der Waals surface area contributed by atoms with Crippen molar-refractivity contribution in [1.29, 1.82) is 0 Å². The number of halogens is 3. The first-order chi connectivity index (χ1) is 10.0. The zero-order chi connectivity index (χ0) is 16.7. The average Bonchev–Trinajstić information content (AvgIpc) is 2.76. The second-order valence-electron chi connectivity index (χ2n) is 6.47. The Morgan fingerprint density at radius 3 is 2.18 bits per heavy atom. The normalized spacial score (nSPS) is 15.0. The summed E-state index contributed by atoms with van der Waals surface area (Å²) in [5.41, 5.74) is 0.320. The molecular formula is C16H20F3NO2. The van der Waals surface area contributed by atoms with Crippen LogP contribution in [0.1, 0.15) is 49.9 Å². The number of hydrogen-bond donors (Lipinski definition) is 0. The van der Waals surface area contributed by atoms with E-state index in [0.717, 1.165) is 5.56 Å². The van der Waals surface area contributed by atoms with Gasteiger partial charge in [0, 0.05) is 13.1 Å². The van der Waals surface area contributed by atoms with E-state index in [2.05, 4.69) is 0 Å². The molecular weight excluding hydrogens is 295 g/mol. The Morgan fingerprint density at radius 2 is 1.73 bits per heavy atom. The lowest BCUT2D eigenvalue weighted by molar-refractivity contribution is -0.138. The Hall–Kier alpha value is -1.72. The number of alkyl halides is 3. The predicted molar refractivity (Wildman–Crippen MR) is 76.3 cm³/mol. The molecule has 0 saturated heterocycles. The molecule has 3 nitrogen and oxygen atoms in total. The maximum absolute atomic E-state index is 13.1. The molecule has 0 aliphatic carbocycles. The molecule has 1 aliphatic rings. The summed E-state index contributed by atoms with van der Waals surface area (Å²) in [5.74, 6) is 0. The van der Waals surface area contributed by atoms with Crippen molar-refractivity contribution in [1.82, 2.24) is 4.90 Å². The van der Waals surface area contributed by atoms with Crippen LogP contribution in [-0.4, -0.2) is 16.6 Å². The molecule has 0 bridgehead atoms. The monoisotopic (exact) mass is 315 g/mol. The summed E-state index contributed by atoms with van der Waals surface area (Å²) in [6.07, 6.45) is -4.58. The van der Waals surface area contributed by atoms with E-state index in [-0.39, 0.29) is 18.7 Å². The van der Waals surface area contributed by atoms with Crippen molar-refractivity contribution in [3.05, 3.63) is 34.4 Å². The highest BCUT2D eigenvalue weighted by atomic mass is 19.4. The third-order valence-corrected chi connectivity index (χ3v) is 3.49. The summed E-state index contributed by atoms with van der Waals surface area (Å²) < 4.78 is 44.5. The summed E-state index contributed by atoms with van der Waals surface area (Å²) >= 11 is 0. The summed E-state index contributed by atoms with van der Waals surface area (Å²) in [7, 11) is 0. The fraction of sp³-hybridized carbons (Fsp3) is 0.562. The van der Waals surface area contributed by atoms with Crippen LogP contribution in [0.15, 0.2) is 12.1 Å². The van der Waals surface area contributed by atoms with Crippen LogP contribution in [0.25, 0.3) is 0 Å². The van der Waals surface area contributed by atoms with Gasteiger partial charge in [-0.05, 0) is 49.9 Å². The third-order valence-electron chi connectivity index (χ3n) is 3.49. The van der Waals surface area contributed by atoms with Gasteiger partial charge in [0.05, 0.1) is 5.56 Å². The number of aryl methyl sites for hydroxylation is 1. The van der Waals surface area contributed by atoms with Gasteiger partial charge in [0.15, 0.2) is 0 Å². The van der Waals surface area contributed by atoms with Crippen molar-refractivity contribution in [3.8, 4) is 0 Å². The van der Waals surface area contributed by atoms with E-state index in [1.165, 1.54) is 11.0 Å². The second kappa shape index (κ2) is 5.48. The van der Waals surface area contributed by atoms with E-state index < -0.39 is 23.4 Å². The molecule has 1 amide bonds. The van der Waals surface area contributed by atoms with Crippen LogP contribution in [-0.2, 0) is 30.4 Å². The number of carbonyl (C=O) groups excluding carboxylic acids is 1. The number of nitrogens with zero attached hydrogens (tertiary/aromatic N) is 1. The number of benzene rings is 1. The van der Waals surface area contributed by atoms with E-state index >= 15 is 0 Å². The first-order valence-corrected chi connectivity index (χ1v) is 7.21. The first kappa shape index (κ1) is 16.6. The van der Waals surface area contributed by atoms with Crippen molar-refractivity contribution in [3.63, 3.8) is 0 Å². The molecule has 1 aliphatic heterocycles. The first-order valence-electron chi connectivity index (χ1n) is 7.21. The standard InChI is InChI=1S/C16H20F3NO2/c1-5-10-6-11-8-20(14(21)22-15(2,3)4)9-12(11)7-13(10)16(17,18)19/h6-7H,5,8-9H2,1-4H3. The molecule has 6 heteroatoms. The van der Waals surface area contributed by atoms with Gasteiger partial charge in [0.25, 0.3) is 0 Å². The number of hydrogen-bond acceptors (Lipinski definition) is 2. The van der Waals surface area contributed by atoms with E-state index in [1.807, 2.05) is 0 Å². The van der Waals surface area contributed by atoms with Crippen molar-refractivity contribution in [2.45, 2.75) is 59.0 Å². The Morgan fingerprint density at radius 1 is 1.18 bits per heavy atom. The smallest absolute Gasteiger partial charge is 0.416 e. The Bertz CT molecular complexity index is 588. The predicted octanol–water partition coefficient (Wildman–Crippen LogP) is 4.52. The van der Waals surface area contributed by atoms with Gasteiger partial charge in [-0.25, -0.2) is 4.79 Å². The maximum atomic E-state index is 13.1. The number of fused-ring (bicyclic) bond motifs is 1. The van der Waals surface area contributed by atoms with E-state index in [4.69, 9.17) is 4.74 Å². The fourth-order valence-electron chi connectivity index (χ4n) is 2.51. The van der Waals surface area contributed by atoms with E-state index in [1.54, 1.807) is 33.8 Å². The second-order valence-corrected chi connectivity index (χ2v) is 6.47. The number of rotatable bonds is 1. The van der Waals surface area contributed by atoms with Crippen LogP contribution in [0.2, 0.25) is 0 Å². The topological polar surface area (TPSA) is 29.5 Å². The van der Waals surface area contributed by atoms with Crippen molar-refractivity contribution < 1.29 is 22.7 Å². The minimum atomic E-state index is -4.38. The van der Waals surface area contributed by atoms with Crippen LogP contribution < -0.4 is 0 Å². The summed E-state index contributed by atoms with van der Waals surface area (Å²) in [4.78, 5) is 13.5. The SMILES string of the molecule is CCc1cc2c(cc1C(F)(F)F)CN(C(=O)OC(C)(C)C)C2. The minimum Gasteiger partial charge on any atom is -0.444 e. The molecule has 0 radical (unpaired) electrons. The third kappa shape index (κ3) is 3.54. The number of carbonyl (C=O) groups is 1. The Labute approximate surface area is 128 Å². The van der Waals surface area contributed by atoms with Gasteiger partial charge in [-0.15, -0.1) is 0 Å². The molecule has 0 saturated carbocycles. The van der Waals surface area contributed by atoms with Crippen LogP contribution in [0, 0.1) is 0 Å². The molecule has 0 aromatic heterocycles. The quantitative estimate of drug-likeness (QED) is 0.762. The Balaban J connectivity index is 2.26. The molecule has 1 aromatic carbocycles. The van der Waals surface area contributed by atoms with Gasteiger partial charge in [-0.1, -0.05) is 13.0 Å². The molecule has 0 unspecified atom stereocenters. The zero-order valence-electron chi connectivity index (χ0n) is 13.2. The largest absolute Gasteiger partial charge is 0.444 e. The van der Waals surface area contributed by atoms with Crippen molar-refractivity contribution in [2.24, 2.45) is 0 Å². The lowest BCUT2D eigenvalue weighted by atomic mass is 9.98. The minimum absolute atomic E-state index is 0.150.